The average Bonchev–Trinajstić information content (AvgIpc) is 3.10. The third-order valence-electron chi connectivity index (χ3n) is 4.00. The predicted molar refractivity (Wildman–Crippen MR) is 111 cm³/mol. The normalized spacial score (nSPS) is 14.4. The van der Waals surface area contributed by atoms with Gasteiger partial charge in [-0.1, -0.05) is 17.7 Å². The number of guanidine groups is 1. The van der Waals surface area contributed by atoms with E-state index >= 15 is 0 Å². The lowest BCUT2D eigenvalue weighted by Gasteiger charge is -2.16. The van der Waals surface area contributed by atoms with E-state index in [0.29, 0.717) is 12.5 Å². The SMILES string of the molecule is Cc1ccc(NC(N)=NCc2ccnc(N3CCCC3)c2)cc1.I. The van der Waals surface area contributed by atoms with E-state index < -0.39 is 0 Å². The van der Waals surface area contributed by atoms with Gasteiger partial charge in [-0.3, -0.25) is 0 Å². The van der Waals surface area contributed by atoms with Gasteiger partial charge in [-0.2, -0.15) is 0 Å². The van der Waals surface area contributed by atoms with Gasteiger partial charge in [-0.15, -0.1) is 24.0 Å². The Morgan fingerprint density at radius 3 is 2.62 bits per heavy atom. The molecule has 24 heavy (non-hydrogen) atoms. The van der Waals surface area contributed by atoms with Crippen LogP contribution >= 0.6 is 24.0 Å². The van der Waals surface area contributed by atoms with Crippen LogP contribution in [0, 0.1) is 6.92 Å². The van der Waals surface area contributed by atoms with Crippen LogP contribution in [0.4, 0.5) is 11.5 Å². The molecule has 3 N–H and O–H groups in total. The van der Waals surface area contributed by atoms with Gasteiger partial charge in [0.05, 0.1) is 6.54 Å². The third-order valence-corrected chi connectivity index (χ3v) is 4.00. The highest BCUT2D eigenvalue weighted by Gasteiger charge is 2.13. The molecular formula is C18H24IN5. The highest BCUT2D eigenvalue weighted by Crippen LogP contribution is 2.18. The van der Waals surface area contributed by atoms with Gasteiger partial charge in [-0.25, -0.2) is 9.98 Å². The number of aliphatic imine (C=N–C) groups is 1. The molecule has 2 heterocycles. The van der Waals surface area contributed by atoms with Crippen LogP contribution in [0.2, 0.25) is 0 Å². The lowest BCUT2D eigenvalue weighted by Crippen LogP contribution is -2.22. The lowest BCUT2D eigenvalue weighted by molar-refractivity contribution is 0.928. The molecule has 0 bridgehead atoms. The second-order valence-corrected chi connectivity index (χ2v) is 5.91. The van der Waals surface area contributed by atoms with Gasteiger partial charge in [0.25, 0.3) is 0 Å². The number of halogens is 1. The van der Waals surface area contributed by atoms with E-state index in [1.165, 1.54) is 18.4 Å². The van der Waals surface area contributed by atoms with Crippen molar-refractivity contribution < 1.29 is 0 Å². The van der Waals surface area contributed by atoms with Gasteiger partial charge in [-0.05, 0) is 49.6 Å². The molecule has 1 saturated heterocycles. The van der Waals surface area contributed by atoms with E-state index in [1.54, 1.807) is 0 Å². The molecule has 1 fully saturated rings. The summed E-state index contributed by atoms with van der Waals surface area (Å²) in [6.07, 6.45) is 4.34. The van der Waals surface area contributed by atoms with Crippen LogP contribution in [0.5, 0.6) is 0 Å². The van der Waals surface area contributed by atoms with Crippen molar-refractivity contribution in [3.8, 4) is 0 Å². The number of aromatic nitrogens is 1. The Kier molecular flexibility index (Phi) is 6.84. The summed E-state index contributed by atoms with van der Waals surface area (Å²) in [5.74, 6) is 1.47. The summed E-state index contributed by atoms with van der Waals surface area (Å²) in [5, 5.41) is 3.11. The minimum absolute atomic E-state index is 0. The second-order valence-electron chi connectivity index (χ2n) is 5.91. The van der Waals surface area contributed by atoms with Crippen LogP contribution in [-0.2, 0) is 6.54 Å². The molecule has 6 heteroatoms. The maximum atomic E-state index is 5.96. The number of nitrogens with zero attached hydrogens (tertiary/aromatic N) is 3. The van der Waals surface area contributed by atoms with Crippen molar-refractivity contribution in [3.05, 3.63) is 53.7 Å². The first-order valence-electron chi connectivity index (χ1n) is 8.04. The van der Waals surface area contributed by atoms with Crippen LogP contribution in [0.25, 0.3) is 0 Å². The van der Waals surface area contributed by atoms with Gasteiger partial charge in [0.1, 0.15) is 5.82 Å². The number of hydrogen-bond acceptors (Lipinski definition) is 3. The summed E-state index contributed by atoms with van der Waals surface area (Å²) >= 11 is 0. The Morgan fingerprint density at radius 2 is 1.92 bits per heavy atom. The molecule has 0 atom stereocenters. The first-order valence-corrected chi connectivity index (χ1v) is 8.04. The molecule has 0 spiro atoms. The summed E-state index contributed by atoms with van der Waals surface area (Å²) in [6, 6.07) is 12.2. The fourth-order valence-corrected chi connectivity index (χ4v) is 2.68. The average molecular weight is 437 g/mol. The lowest BCUT2D eigenvalue weighted by atomic mass is 10.2. The van der Waals surface area contributed by atoms with E-state index in [-0.39, 0.29) is 24.0 Å². The van der Waals surface area contributed by atoms with Crippen molar-refractivity contribution in [2.75, 3.05) is 23.3 Å². The molecule has 0 aliphatic carbocycles. The molecule has 0 radical (unpaired) electrons. The molecule has 3 rings (SSSR count). The van der Waals surface area contributed by atoms with E-state index in [9.17, 15) is 0 Å². The van der Waals surface area contributed by atoms with Gasteiger partial charge in [0.2, 0.25) is 0 Å². The first-order chi connectivity index (χ1) is 11.2. The maximum absolute atomic E-state index is 5.96. The van der Waals surface area contributed by atoms with Gasteiger partial charge >= 0.3 is 0 Å². The predicted octanol–water partition coefficient (Wildman–Crippen LogP) is 3.54. The quantitative estimate of drug-likeness (QED) is 0.437. The van der Waals surface area contributed by atoms with Crippen LogP contribution < -0.4 is 16.0 Å². The fourth-order valence-electron chi connectivity index (χ4n) is 2.68. The topological polar surface area (TPSA) is 66.5 Å². The summed E-state index contributed by atoms with van der Waals surface area (Å²) in [4.78, 5) is 11.2. The Labute approximate surface area is 160 Å². The van der Waals surface area contributed by atoms with Gasteiger partial charge in [0, 0.05) is 25.0 Å². The molecule has 1 aromatic heterocycles. The molecule has 1 aliphatic rings. The number of rotatable bonds is 4. The van der Waals surface area contributed by atoms with Crippen molar-refractivity contribution in [1.82, 2.24) is 4.98 Å². The molecule has 0 saturated carbocycles. The number of benzene rings is 1. The van der Waals surface area contributed by atoms with Gasteiger partial charge < -0.3 is 16.0 Å². The standard InChI is InChI=1S/C18H23N5.HI/c1-14-4-6-16(7-5-14)22-18(19)21-13-15-8-9-20-17(12-15)23-10-2-3-11-23;/h4-9,12H,2-3,10-11,13H2,1H3,(H3,19,21,22);1H. The van der Waals surface area contributed by atoms with Crippen molar-refractivity contribution in [2.45, 2.75) is 26.3 Å². The van der Waals surface area contributed by atoms with Crippen molar-refractivity contribution in [1.29, 1.82) is 0 Å². The molecule has 1 aliphatic heterocycles. The van der Waals surface area contributed by atoms with E-state index in [0.717, 1.165) is 30.2 Å². The molecular weight excluding hydrogens is 413 g/mol. The van der Waals surface area contributed by atoms with E-state index in [4.69, 9.17) is 5.73 Å². The summed E-state index contributed by atoms with van der Waals surface area (Å²) in [6.45, 7) is 4.80. The Hall–Kier alpha value is -1.83. The van der Waals surface area contributed by atoms with Crippen LogP contribution in [0.1, 0.15) is 24.0 Å². The molecule has 5 nitrogen and oxygen atoms in total. The minimum Gasteiger partial charge on any atom is -0.370 e. The molecule has 0 unspecified atom stereocenters. The smallest absolute Gasteiger partial charge is 0.193 e. The Bertz CT molecular complexity index is 678. The zero-order valence-electron chi connectivity index (χ0n) is 13.9. The molecule has 2 aromatic rings. The summed E-state index contributed by atoms with van der Waals surface area (Å²) in [7, 11) is 0. The van der Waals surface area contributed by atoms with Crippen molar-refractivity contribution in [2.24, 2.45) is 10.7 Å². The number of anilines is 2. The number of nitrogens with one attached hydrogen (secondary N) is 1. The van der Waals surface area contributed by atoms with Gasteiger partial charge in [0.15, 0.2) is 5.96 Å². The zero-order valence-corrected chi connectivity index (χ0v) is 16.2. The second kappa shape index (κ2) is 8.86. The minimum atomic E-state index is 0. The fraction of sp³-hybridized carbons (Fsp3) is 0.333. The number of aryl methyl sites for hydroxylation is 1. The summed E-state index contributed by atoms with van der Waals surface area (Å²) < 4.78 is 0. The third kappa shape index (κ3) is 5.09. The first kappa shape index (κ1) is 18.5. The molecule has 0 amide bonds. The van der Waals surface area contributed by atoms with E-state index in [2.05, 4.69) is 33.2 Å². The van der Waals surface area contributed by atoms with Crippen LogP contribution in [0.15, 0.2) is 47.6 Å². The number of hydrogen-bond donors (Lipinski definition) is 2. The monoisotopic (exact) mass is 437 g/mol. The Balaban J connectivity index is 0.00000208. The Morgan fingerprint density at radius 1 is 1.21 bits per heavy atom. The van der Waals surface area contributed by atoms with Crippen molar-refractivity contribution in [3.63, 3.8) is 0 Å². The van der Waals surface area contributed by atoms with Crippen LogP contribution in [-0.4, -0.2) is 24.0 Å². The maximum Gasteiger partial charge on any atom is 0.193 e. The highest BCUT2D eigenvalue weighted by atomic mass is 127. The number of nitrogens with two attached hydrogens (primary N) is 1. The highest BCUT2D eigenvalue weighted by molar-refractivity contribution is 14.0. The molecule has 128 valence electrons. The summed E-state index contributed by atoms with van der Waals surface area (Å²) in [5.41, 5.74) is 9.25. The van der Waals surface area contributed by atoms with E-state index in [1.807, 2.05) is 36.5 Å². The zero-order chi connectivity index (χ0) is 16.1. The molecule has 1 aromatic carbocycles. The largest absolute Gasteiger partial charge is 0.370 e. The number of pyridine rings is 1. The van der Waals surface area contributed by atoms with Crippen LogP contribution in [0.3, 0.4) is 0 Å². The van der Waals surface area contributed by atoms with Crippen molar-refractivity contribution >= 4 is 41.4 Å².